The first kappa shape index (κ1) is 19.6. The van der Waals surface area contributed by atoms with Crippen LogP contribution >= 0.6 is 0 Å². The summed E-state index contributed by atoms with van der Waals surface area (Å²) < 4.78 is 5.32. The minimum Gasteiger partial charge on any atom is -0.360 e. The van der Waals surface area contributed by atoms with Gasteiger partial charge in [0.2, 0.25) is 5.91 Å². The molecule has 0 saturated carbocycles. The minimum atomic E-state index is 0.156. The first-order valence-electron chi connectivity index (χ1n) is 10.3. The molecule has 29 heavy (non-hydrogen) atoms. The maximum absolute atomic E-state index is 13.1. The molecule has 0 unspecified atom stereocenters. The summed E-state index contributed by atoms with van der Waals surface area (Å²) in [6.45, 7) is 9.48. The van der Waals surface area contributed by atoms with E-state index < -0.39 is 0 Å². The summed E-state index contributed by atoms with van der Waals surface area (Å²) in [6, 6.07) is 16.4. The van der Waals surface area contributed by atoms with Crippen molar-refractivity contribution < 1.29 is 9.32 Å². The van der Waals surface area contributed by atoms with Crippen LogP contribution in [0.25, 0.3) is 10.8 Å². The molecule has 1 aromatic heterocycles. The Kier molecular flexibility index (Phi) is 5.92. The number of rotatable bonds is 6. The molecule has 0 spiro atoms. The quantitative estimate of drug-likeness (QED) is 0.644. The monoisotopic (exact) mass is 392 g/mol. The lowest BCUT2D eigenvalue weighted by atomic mass is 10.1. The van der Waals surface area contributed by atoms with E-state index in [9.17, 15) is 4.79 Å². The van der Waals surface area contributed by atoms with Gasteiger partial charge >= 0.3 is 0 Å². The van der Waals surface area contributed by atoms with E-state index >= 15 is 0 Å². The van der Waals surface area contributed by atoms with Crippen LogP contribution in [-0.4, -0.2) is 60.1 Å². The van der Waals surface area contributed by atoms with Crippen molar-refractivity contribution in [3.63, 3.8) is 0 Å². The highest BCUT2D eigenvalue weighted by molar-refractivity contribution is 6.04. The summed E-state index contributed by atoms with van der Waals surface area (Å²) in [6.07, 6.45) is 0. The van der Waals surface area contributed by atoms with Crippen LogP contribution in [0.2, 0.25) is 0 Å². The van der Waals surface area contributed by atoms with E-state index in [-0.39, 0.29) is 5.91 Å². The number of carbonyl (C=O) groups excluding carboxylic acids is 1. The van der Waals surface area contributed by atoms with Crippen LogP contribution in [0.5, 0.6) is 0 Å². The fourth-order valence-corrected chi connectivity index (χ4v) is 4.02. The number of aromatic nitrogens is 1. The molecule has 0 atom stereocenters. The van der Waals surface area contributed by atoms with E-state index in [2.05, 4.69) is 33.2 Å². The van der Waals surface area contributed by atoms with Gasteiger partial charge in [-0.1, -0.05) is 41.6 Å². The summed E-state index contributed by atoms with van der Waals surface area (Å²) in [5, 5.41) is 6.24. The van der Waals surface area contributed by atoms with Crippen molar-refractivity contribution in [3.8, 4) is 0 Å². The van der Waals surface area contributed by atoms with Crippen molar-refractivity contribution in [2.45, 2.75) is 20.4 Å². The highest BCUT2D eigenvalue weighted by atomic mass is 16.5. The van der Waals surface area contributed by atoms with Gasteiger partial charge in [-0.25, -0.2) is 0 Å². The Hall–Kier alpha value is -2.70. The molecule has 152 valence electrons. The Balaban J connectivity index is 1.37. The molecule has 6 heteroatoms. The van der Waals surface area contributed by atoms with Crippen LogP contribution in [0.3, 0.4) is 0 Å². The summed E-state index contributed by atoms with van der Waals surface area (Å²) in [5.41, 5.74) is 1.91. The van der Waals surface area contributed by atoms with E-state index in [1.165, 1.54) is 0 Å². The molecule has 0 aliphatic carbocycles. The maximum atomic E-state index is 13.1. The van der Waals surface area contributed by atoms with Crippen molar-refractivity contribution in [2.75, 3.05) is 44.2 Å². The van der Waals surface area contributed by atoms with Gasteiger partial charge in [0.25, 0.3) is 0 Å². The van der Waals surface area contributed by atoms with E-state index in [4.69, 9.17) is 4.52 Å². The Morgan fingerprint density at radius 1 is 1.07 bits per heavy atom. The lowest BCUT2D eigenvalue weighted by Gasteiger charge is -2.35. The number of hydrogen-bond acceptors (Lipinski definition) is 5. The molecule has 1 saturated heterocycles. The Labute approximate surface area is 171 Å². The second-order valence-corrected chi connectivity index (χ2v) is 7.62. The topological polar surface area (TPSA) is 52.8 Å². The van der Waals surface area contributed by atoms with Crippen molar-refractivity contribution >= 4 is 22.4 Å². The van der Waals surface area contributed by atoms with Gasteiger partial charge in [-0.3, -0.25) is 14.6 Å². The Morgan fingerprint density at radius 2 is 1.79 bits per heavy atom. The SMILES string of the molecule is CCN(C(=O)CN1CCN(Cc2cc(C)no2)CC1)c1cccc2ccccc12. The lowest BCUT2D eigenvalue weighted by molar-refractivity contribution is -0.120. The predicted molar refractivity (Wildman–Crippen MR) is 115 cm³/mol. The second-order valence-electron chi connectivity index (χ2n) is 7.62. The largest absolute Gasteiger partial charge is 0.360 e. The molecule has 1 fully saturated rings. The molecule has 0 radical (unpaired) electrons. The van der Waals surface area contributed by atoms with E-state index in [1.54, 1.807) is 0 Å². The zero-order chi connectivity index (χ0) is 20.2. The molecule has 3 aromatic rings. The third-order valence-electron chi connectivity index (χ3n) is 5.55. The minimum absolute atomic E-state index is 0.156. The average Bonchev–Trinajstić information content (AvgIpc) is 3.15. The molecule has 6 nitrogen and oxygen atoms in total. The molecule has 0 N–H and O–H groups in total. The van der Waals surface area contributed by atoms with Crippen LogP contribution in [0, 0.1) is 6.92 Å². The Bertz CT molecular complexity index is 970. The third kappa shape index (κ3) is 4.49. The van der Waals surface area contributed by atoms with Crippen LogP contribution in [0.15, 0.2) is 53.1 Å². The van der Waals surface area contributed by atoms with Crippen LogP contribution < -0.4 is 4.90 Å². The standard InChI is InChI=1S/C23H28N4O2/c1-3-27(22-10-6-8-19-7-4-5-9-21(19)22)23(28)17-26-13-11-25(12-14-26)16-20-15-18(2)24-29-20/h4-10,15H,3,11-14,16-17H2,1-2H3. The average molecular weight is 393 g/mol. The molecule has 2 heterocycles. The lowest BCUT2D eigenvalue weighted by Crippen LogP contribution is -2.49. The smallest absolute Gasteiger partial charge is 0.241 e. The molecule has 4 rings (SSSR count). The van der Waals surface area contributed by atoms with Gasteiger partial charge < -0.3 is 9.42 Å². The summed E-state index contributed by atoms with van der Waals surface area (Å²) >= 11 is 0. The molecule has 1 amide bonds. The van der Waals surface area contributed by atoms with Gasteiger partial charge in [-0.05, 0) is 25.3 Å². The summed E-state index contributed by atoms with van der Waals surface area (Å²) in [7, 11) is 0. The van der Waals surface area contributed by atoms with Crippen LogP contribution in [0.4, 0.5) is 5.69 Å². The van der Waals surface area contributed by atoms with E-state index in [0.29, 0.717) is 13.1 Å². The summed E-state index contributed by atoms with van der Waals surface area (Å²) in [5.74, 6) is 1.06. The number of nitrogens with zero attached hydrogens (tertiary/aromatic N) is 4. The van der Waals surface area contributed by atoms with Gasteiger partial charge in [-0.2, -0.15) is 0 Å². The Morgan fingerprint density at radius 3 is 2.52 bits per heavy atom. The number of carbonyl (C=O) groups is 1. The van der Waals surface area contributed by atoms with Gasteiger partial charge in [0.15, 0.2) is 5.76 Å². The van der Waals surface area contributed by atoms with E-state index in [1.807, 2.05) is 49.1 Å². The first-order valence-corrected chi connectivity index (χ1v) is 10.3. The van der Waals surface area contributed by atoms with Crippen molar-refractivity contribution in [2.24, 2.45) is 0 Å². The molecule has 2 aromatic carbocycles. The molecular formula is C23H28N4O2. The highest BCUT2D eigenvalue weighted by Gasteiger charge is 2.23. The summed E-state index contributed by atoms with van der Waals surface area (Å²) in [4.78, 5) is 19.6. The zero-order valence-electron chi connectivity index (χ0n) is 17.2. The number of piperazine rings is 1. The predicted octanol–water partition coefficient (Wildman–Crippen LogP) is 3.31. The number of amides is 1. The maximum Gasteiger partial charge on any atom is 0.241 e. The molecule has 1 aliphatic heterocycles. The van der Waals surface area contributed by atoms with Gasteiger partial charge in [0.05, 0.1) is 24.5 Å². The fourth-order valence-electron chi connectivity index (χ4n) is 4.02. The van der Waals surface area contributed by atoms with Gasteiger partial charge in [0, 0.05) is 44.2 Å². The number of aryl methyl sites for hydroxylation is 1. The number of fused-ring (bicyclic) bond motifs is 1. The number of anilines is 1. The van der Waals surface area contributed by atoms with Gasteiger partial charge in [-0.15, -0.1) is 0 Å². The van der Waals surface area contributed by atoms with Crippen LogP contribution in [-0.2, 0) is 11.3 Å². The molecular weight excluding hydrogens is 364 g/mol. The fraction of sp³-hybridized carbons (Fsp3) is 0.391. The van der Waals surface area contributed by atoms with Crippen LogP contribution in [0.1, 0.15) is 18.4 Å². The second kappa shape index (κ2) is 8.76. The van der Waals surface area contributed by atoms with E-state index in [0.717, 1.165) is 60.6 Å². The van der Waals surface area contributed by atoms with Crippen molar-refractivity contribution in [3.05, 3.63) is 60.0 Å². The zero-order valence-corrected chi connectivity index (χ0v) is 17.2. The van der Waals surface area contributed by atoms with Crippen molar-refractivity contribution in [1.29, 1.82) is 0 Å². The number of benzene rings is 2. The number of hydrogen-bond donors (Lipinski definition) is 0. The normalized spacial score (nSPS) is 15.7. The molecule has 0 bridgehead atoms. The molecule has 1 aliphatic rings. The highest BCUT2D eigenvalue weighted by Crippen LogP contribution is 2.27. The van der Waals surface area contributed by atoms with Gasteiger partial charge in [0.1, 0.15) is 0 Å². The first-order chi connectivity index (χ1) is 14.1. The van der Waals surface area contributed by atoms with Crippen molar-refractivity contribution in [1.82, 2.24) is 15.0 Å². The number of likely N-dealkylation sites (N-methyl/N-ethyl adjacent to an activating group) is 1. The third-order valence-corrected chi connectivity index (χ3v) is 5.55.